The smallest absolute Gasteiger partial charge is 0.331 e. The summed E-state index contributed by atoms with van der Waals surface area (Å²) >= 11 is 0. The third kappa shape index (κ3) is 9.86. The van der Waals surface area contributed by atoms with Crippen LogP contribution in [-0.4, -0.2) is 42.7 Å². The van der Waals surface area contributed by atoms with E-state index in [1.807, 2.05) is 32.9 Å². The molecule has 3 amide bonds. The first-order valence-electron chi connectivity index (χ1n) is 10.6. The predicted octanol–water partition coefficient (Wildman–Crippen LogP) is 3.10. The quantitative estimate of drug-likeness (QED) is 0.395. The second-order valence-electron chi connectivity index (χ2n) is 7.38. The molecule has 9 heteroatoms. The highest BCUT2D eigenvalue weighted by molar-refractivity contribution is 5.96. The van der Waals surface area contributed by atoms with Crippen LogP contribution in [-0.2, 0) is 20.9 Å². The Kier molecular flexibility index (Phi) is 10.4. The van der Waals surface area contributed by atoms with Gasteiger partial charge in [-0.3, -0.25) is 15.1 Å². The Balaban J connectivity index is 1.87. The van der Waals surface area contributed by atoms with Crippen molar-refractivity contribution in [2.24, 2.45) is 5.92 Å². The Morgan fingerprint density at radius 2 is 1.94 bits per heavy atom. The lowest BCUT2D eigenvalue weighted by molar-refractivity contribution is -0.143. The van der Waals surface area contributed by atoms with Crippen LogP contribution in [0.2, 0.25) is 0 Å². The van der Waals surface area contributed by atoms with Gasteiger partial charge in [-0.2, -0.15) is 0 Å². The molecule has 2 N–H and O–H groups in total. The van der Waals surface area contributed by atoms with Gasteiger partial charge in [-0.15, -0.1) is 0 Å². The molecule has 0 saturated heterocycles. The van der Waals surface area contributed by atoms with E-state index in [0.29, 0.717) is 36.8 Å². The van der Waals surface area contributed by atoms with Crippen molar-refractivity contribution in [3.8, 4) is 11.5 Å². The van der Waals surface area contributed by atoms with Gasteiger partial charge in [-0.05, 0) is 42.7 Å². The molecule has 2 rings (SSSR count). The van der Waals surface area contributed by atoms with E-state index in [1.54, 1.807) is 30.6 Å². The molecule has 0 atom stereocenters. The molecule has 0 bridgehead atoms. The molecule has 0 aliphatic rings. The molecule has 2 aromatic rings. The molecule has 1 heterocycles. The average Bonchev–Trinajstić information content (AvgIpc) is 2.80. The largest absolute Gasteiger partial charge is 0.490 e. The fourth-order valence-electron chi connectivity index (χ4n) is 2.51. The van der Waals surface area contributed by atoms with Gasteiger partial charge in [0.1, 0.15) is 6.61 Å². The number of amides is 3. The predicted molar refractivity (Wildman–Crippen MR) is 123 cm³/mol. The first-order valence-corrected chi connectivity index (χ1v) is 10.6. The number of imide groups is 1. The Morgan fingerprint density at radius 1 is 1.12 bits per heavy atom. The highest BCUT2D eigenvalue weighted by Crippen LogP contribution is 2.29. The van der Waals surface area contributed by atoms with Crippen molar-refractivity contribution in [1.29, 1.82) is 0 Å². The summed E-state index contributed by atoms with van der Waals surface area (Å²) in [5.74, 6) is -0.0928. The van der Waals surface area contributed by atoms with Gasteiger partial charge >= 0.3 is 12.0 Å². The van der Waals surface area contributed by atoms with Crippen molar-refractivity contribution in [3.63, 3.8) is 0 Å². The Bertz CT molecular complexity index is 960. The molecule has 0 saturated carbocycles. The normalized spacial score (nSPS) is 10.7. The van der Waals surface area contributed by atoms with Gasteiger partial charge < -0.3 is 19.5 Å². The summed E-state index contributed by atoms with van der Waals surface area (Å²) in [6.07, 6.45) is 6.14. The topological polar surface area (TPSA) is 116 Å². The average molecular weight is 456 g/mol. The number of hydrogen-bond acceptors (Lipinski definition) is 7. The molecule has 0 spiro atoms. The van der Waals surface area contributed by atoms with Crippen LogP contribution in [0.15, 0.2) is 48.8 Å². The second-order valence-corrected chi connectivity index (χ2v) is 7.38. The number of nitrogens with zero attached hydrogens (tertiary/aromatic N) is 1. The van der Waals surface area contributed by atoms with Gasteiger partial charge in [0.2, 0.25) is 0 Å². The minimum atomic E-state index is -0.720. The molecular weight excluding hydrogens is 426 g/mol. The minimum absolute atomic E-state index is 0.249. The zero-order valence-corrected chi connectivity index (χ0v) is 19.0. The minimum Gasteiger partial charge on any atom is -0.490 e. The van der Waals surface area contributed by atoms with E-state index in [4.69, 9.17) is 14.2 Å². The van der Waals surface area contributed by atoms with E-state index >= 15 is 0 Å². The van der Waals surface area contributed by atoms with E-state index in [2.05, 4.69) is 15.6 Å². The van der Waals surface area contributed by atoms with E-state index < -0.39 is 24.5 Å². The summed E-state index contributed by atoms with van der Waals surface area (Å²) in [5, 5.41) is 4.63. The number of carbonyl (C=O) groups excluding carboxylic acids is 3. The van der Waals surface area contributed by atoms with Crippen molar-refractivity contribution in [2.75, 3.05) is 19.8 Å². The summed E-state index contributed by atoms with van der Waals surface area (Å²) in [7, 11) is 0. The van der Waals surface area contributed by atoms with Crippen LogP contribution in [0.25, 0.3) is 6.08 Å². The van der Waals surface area contributed by atoms with E-state index in [0.717, 1.165) is 5.56 Å². The standard InChI is InChI=1S/C24H29N3O6/c1-4-31-21-12-18(7-9-20(21)32-15-19-6-5-11-25-14-19)8-10-23(29)33-16-22(28)27-24(30)26-13-17(2)3/h5-12,14,17H,4,13,15-16H2,1-3H3,(H2,26,27,28,30). The number of esters is 1. The molecule has 0 unspecified atom stereocenters. The lowest BCUT2D eigenvalue weighted by Crippen LogP contribution is -2.42. The van der Waals surface area contributed by atoms with Crippen molar-refractivity contribution in [3.05, 3.63) is 59.9 Å². The Morgan fingerprint density at radius 3 is 2.64 bits per heavy atom. The lowest BCUT2D eigenvalue weighted by Gasteiger charge is -2.12. The first-order chi connectivity index (χ1) is 15.9. The van der Waals surface area contributed by atoms with Crippen molar-refractivity contribution < 1.29 is 28.6 Å². The number of benzene rings is 1. The molecule has 0 aliphatic heterocycles. The number of aromatic nitrogens is 1. The molecule has 0 radical (unpaired) electrons. The summed E-state index contributed by atoms with van der Waals surface area (Å²) in [6.45, 7) is 6.36. The fourth-order valence-corrected chi connectivity index (χ4v) is 2.51. The van der Waals surface area contributed by atoms with Crippen LogP contribution in [0.1, 0.15) is 31.9 Å². The maximum atomic E-state index is 11.9. The third-order valence-electron chi connectivity index (χ3n) is 4.07. The van der Waals surface area contributed by atoms with E-state index in [1.165, 1.54) is 12.2 Å². The van der Waals surface area contributed by atoms with Crippen LogP contribution < -0.4 is 20.1 Å². The highest BCUT2D eigenvalue weighted by atomic mass is 16.5. The van der Waals surface area contributed by atoms with Gasteiger partial charge in [0, 0.05) is 30.6 Å². The van der Waals surface area contributed by atoms with Gasteiger partial charge in [0.05, 0.1) is 6.61 Å². The van der Waals surface area contributed by atoms with Gasteiger partial charge in [-0.25, -0.2) is 9.59 Å². The van der Waals surface area contributed by atoms with Gasteiger partial charge in [0.15, 0.2) is 18.1 Å². The molecule has 1 aromatic carbocycles. The molecule has 176 valence electrons. The van der Waals surface area contributed by atoms with Crippen LogP contribution in [0, 0.1) is 5.92 Å². The van der Waals surface area contributed by atoms with Crippen LogP contribution in [0.3, 0.4) is 0 Å². The molecule has 0 fully saturated rings. The summed E-state index contributed by atoms with van der Waals surface area (Å²) in [4.78, 5) is 39.2. The number of hydrogen-bond donors (Lipinski definition) is 2. The van der Waals surface area contributed by atoms with Crippen LogP contribution in [0.4, 0.5) is 4.79 Å². The number of urea groups is 1. The highest BCUT2D eigenvalue weighted by Gasteiger charge is 2.10. The maximum absolute atomic E-state index is 11.9. The number of carbonyl (C=O) groups is 3. The number of pyridine rings is 1. The summed E-state index contributed by atoms with van der Waals surface area (Å²) in [6, 6.07) is 8.35. The van der Waals surface area contributed by atoms with E-state index in [9.17, 15) is 14.4 Å². The Labute approximate surface area is 193 Å². The fraction of sp³-hybridized carbons (Fsp3) is 0.333. The maximum Gasteiger partial charge on any atom is 0.331 e. The second kappa shape index (κ2) is 13.5. The van der Waals surface area contributed by atoms with Crippen LogP contribution in [0.5, 0.6) is 11.5 Å². The molecular formula is C24H29N3O6. The van der Waals surface area contributed by atoms with Crippen molar-refractivity contribution >= 4 is 24.0 Å². The summed E-state index contributed by atoms with van der Waals surface area (Å²) in [5.41, 5.74) is 1.61. The number of ether oxygens (including phenoxy) is 3. The van der Waals surface area contributed by atoms with E-state index in [-0.39, 0.29) is 5.92 Å². The number of rotatable bonds is 11. The van der Waals surface area contributed by atoms with Crippen LogP contribution >= 0.6 is 0 Å². The van der Waals surface area contributed by atoms with Gasteiger partial charge in [0.25, 0.3) is 5.91 Å². The molecule has 0 aliphatic carbocycles. The monoisotopic (exact) mass is 455 g/mol. The lowest BCUT2D eigenvalue weighted by atomic mass is 10.2. The molecule has 1 aromatic heterocycles. The van der Waals surface area contributed by atoms with Crippen molar-refractivity contribution in [1.82, 2.24) is 15.6 Å². The van der Waals surface area contributed by atoms with Crippen molar-refractivity contribution in [2.45, 2.75) is 27.4 Å². The number of nitrogens with one attached hydrogen (secondary N) is 2. The van der Waals surface area contributed by atoms with Gasteiger partial charge in [-0.1, -0.05) is 26.0 Å². The SMILES string of the molecule is CCOc1cc(C=CC(=O)OCC(=O)NC(=O)NCC(C)C)ccc1OCc1cccnc1. The zero-order chi connectivity index (χ0) is 24.1. The Hall–Kier alpha value is -3.88. The first kappa shape index (κ1) is 25.4. The zero-order valence-electron chi connectivity index (χ0n) is 19.0. The molecule has 9 nitrogen and oxygen atoms in total. The molecule has 33 heavy (non-hydrogen) atoms. The third-order valence-corrected chi connectivity index (χ3v) is 4.07. The summed E-state index contributed by atoms with van der Waals surface area (Å²) < 4.78 is 16.3.